The molecule has 0 unspecified atom stereocenters. The summed E-state index contributed by atoms with van der Waals surface area (Å²) in [5, 5.41) is 5.99. The van der Waals surface area contributed by atoms with Crippen LogP contribution in [0.1, 0.15) is 42.7 Å². The molecule has 94 valence electrons. The average molecular weight is 236 g/mol. The third kappa shape index (κ3) is 4.11. The van der Waals surface area contributed by atoms with Gasteiger partial charge in [0.25, 0.3) is 5.91 Å². The first-order chi connectivity index (χ1) is 8.16. The molecule has 0 radical (unpaired) electrons. The molecule has 1 amide bonds. The van der Waals surface area contributed by atoms with Gasteiger partial charge in [0.2, 0.25) is 0 Å². The van der Waals surface area contributed by atoms with Crippen LogP contribution in [0.4, 0.5) is 0 Å². The quantitative estimate of drug-likeness (QED) is 0.721. The molecule has 0 aromatic carbocycles. The van der Waals surface area contributed by atoms with E-state index in [-0.39, 0.29) is 11.8 Å². The van der Waals surface area contributed by atoms with Gasteiger partial charge in [0.1, 0.15) is 6.33 Å². The second-order valence-electron chi connectivity index (χ2n) is 4.09. The molecule has 5 nitrogen and oxygen atoms in total. The van der Waals surface area contributed by atoms with Crippen molar-refractivity contribution in [1.82, 2.24) is 20.6 Å². The van der Waals surface area contributed by atoms with E-state index in [2.05, 4.69) is 20.6 Å². The third-order valence-corrected chi connectivity index (χ3v) is 2.37. The lowest BCUT2D eigenvalue weighted by Gasteiger charge is -2.10. The van der Waals surface area contributed by atoms with Crippen molar-refractivity contribution in [1.29, 1.82) is 0 Å². The number of nitrogens with zero attached hydrogens (tertiary/aromatic N) is 2. The molecular formula is C12H20N4O. The van der Waals surface area contributed by atoms with Crippen LogP contribution in [0.15, 0.2) is 12.5 Å². The Bertz CT molecular complexity index is 365. The lowest BCUT2D eigenvalue weighted by Crippen LogP contribution is -2.32. The molecular weight excluding hydrogens is 216 g/mol. The summed E-state index contributed by atoms with van der Waals surface area (Å²) in [4.78, 5) is 20.0. The van der Waals surface area contributed by atoms with Crippen molar-refractivity contribution < 1.29 is 4.79 Å². The molecule has 0 aliphatic carbocycles. The zero-order valence-electron chi connectivity index (χ0n) is 10.7. The van der Waals surface area contributed by atoms with Gasteiger partial charge in [0.15, 0.2) is 0 Å². The van der Waals surface area contributed by atoms with Crippen molar-refractivity contribution in [3.05, 3.63) is 23.8 Å². The Hall–Kier alpha value is -1.49. The highest BCUT2D eigenvalue weighted by molar-refractivity contribution is 5.95. The number of amides is 1. The first-order valence-corrected chi connectivity index (χ1v) is 5.95. The number of carbonyl (C=O) groups excluding carboxylic acids is 1. The largest absolute Gasteiger partial charge is 0.351 e. The molecule has 0 aliphatic heterocycles. The monoisotopic (exact) mass is 236 g/mol. The van der Waals surface area contributed by atoms with E-state index in [1.54, 1.807) is 6.20 Å². The van der Waals surface area contributed by atoms with Gasteiger partial charge in [-0.05, 0) is 12.5 Å². The van der Waals surface area contributed by atoms with Crippen LogP contribution < -0.4 is 10.6 Å². The van der Waals surface area contributed by atoms with Crippen LogP contribution in [0.25, 0.3) is 0 Å². The Morgan fingerprint density at radius 3 is 2.82 bits per heavy atom. The fraction of sp³-hybridized carbons (Fsp3) is 0.583. The molecule has 0 saturated heterocycles. The zero-order chi connectivity index (χ0) is 12.7. The number of aromatic nitrogens is 2. The second kappa shape index (κ2) is 6.96. The lowest BCUT2D eigenvalue weighted by atomic mass is 10.0. The Kier molecular flexibility index (Phi) is 5.56. The fourth-order valence-corrected chi connectivity index (χ4v) is 1.51. The van der Waals surface area contributed by atoms with E-state index in [1.807, 2.05) is 20.8 Å². The predicted molar refractivity (Wildman–Crippen MR) is 67.0 cm³/mol. The summed E-state index contributed by atoms with van der Waals surface area (Å²) >= 11 is 0. The number of hydrogen-bond acceptors (Lipinski definition) is 4. The summed E-state index contributed by atoms with van der Waals surface area (Å²) in [7, 11) is 0. The summed E-state index contributed by atoms with van der Waals surface area (Å²) < 4.78 is 0. The molecule has 0 atom stereocenters. The van der Waals surface area contributed by atoms with Crippen LogP contribution >= 0.6 is 0 Å². The predicted octanol–water partition coefficient (Wildman–Crippen LogP) is 0.939. The van der Waals surface area contributed by atoms with Crippen molar-refractivity contribution in [2.45, 2.75) is 26.7 Å². The molecule has 0 fully saturated rings. The van der Waals surface area contributed by atoms with Crippen molar-refractivity contribution in [2.75, 3.05) is 19.6 Å². The molecule has 0 bridgehead atoms. The van der Waals surface area contributed by atoms with E-state index in [0.29, 0.717) is 12.1 Å². The van der Waals surface area contributed by atoms with Gasteiger partial charge < -0.3 is 10.6 Å². The summed E-state index contributed by atoms with van der Waals surface area (Å²) in [6, 6.07) is 0. The van der Waals surface area contributed by atoms with Crippen molar-refractivity contribution in [2.24, 2.45) is 0 Å². The molecule has 5 heteroatoms. The van der Waals surface area contributed by atoms with Gasteiger partial charge in [-0.2, -0.15) is 0 Å². The van der Waals surface area contributed by atoms with Crippen LogP contribution in [0.3, 0.4) is 0 Å². The Morgan fingerprint density at radius 1 is 1.41 bits per heavy atom. The van der Waals surface area contributed by atoms with Crippen molar-refractivity contribution in [3.63, 3.8) is 0 Å². The Morgan fingerprint density at radius 2 is 2.18 bits per heavy atom. The molecule has 1 heterocycles. The van der Waals surface area contributed by atoms with Gasteiger partial charge in [-0.15, -0.1) is 0 Å². The molecule has 1 aromatic heterocycles. The highest BCUT2D eigenvalue weighted by Gasteiger charge is 2.14. The first-order valence-electron chi connectivity index (χ1n) is 5.95. The van der Waals surface area contributed by atoms with Gasteiger partial charge >= 0.3 is 0 Å². The average Bonchev–Trinajstić information content (AvgIpc) is 2.34. The maximum Gasteiger partial charge on any atom is 0.254 e. The number of hydrogen-bond donors (Lipinski definition) is 2. The number of carbonyl (C=O) groups is 1. The minimum absolute atomic E-state index is 0.104. The highest BCUT2D eigenvalue weighted by Crippen LogP contribution is 2.14. The van der Waals surface area contributed by atoms with E-state index in [1.165, 1.54) is 6.33 Å². The smallest absolute Gasteiger partial charge is 0.254 e. The van der Waals surface area contributed by atoms with Gasteiger partial charge in [0, 0.05) is 19.3 Å². The van der Waals surface area contributed by atoms with E-state index in [0.717, 1.165) is 18.8 Å². The molecule has 1 aromatic rings. The molecule has 17 heavy (non-hydrogen) atoms. The summed E-state index contributed by atoms with van der Waals surface area (Å²) in [5.41, 5.74) is 1.36. The highest BCUT2D eigenvalue weighted by atomic mass is 16.1. The zero-order valence-corrected chi connectivity index (χ0v) is 10.7. The minimum atomic E-state index is -0.104. The van der Waals surface area contributed by atoms with E-state index < -0.39 is 0 Å². The molecule has 2 N–H and O–H groups in total. The Labute approximate surface area is 102 Å². The van der Waals surface area contributed by atoms with E-state index >= 15 is 0 Å². The van der Waals surface area contributed by atoms with Crippen molar-refractivity contribution in [3.8, 4) is 0 Å². The number of nitrogens with one attached hydrogen (secondary N) is 2. The van der Waals surface area contributed by atoms with Crippen LogP contribution in [0.5, 0.6) is 0 Å². The van der Waals surface area contributed by atoms with Gasteiger partial charge in [0.05, 0.1) is 11.3 Å². The molecule has 0 spiro atoms. The molecule has 0 saturated carbocycles. The third-order valence-electron chi connectivity index (χ3n) is 2.37. The second-order valence-corrected chi connectivity index (χ2v) is 4.09. The summed E-state index contributed by atoms with van der Waals surface area (Å²) in [6.45, 7) is 8.34. The maximum atomic E-state index is 11.9. The van der Waals surface area contributed by atoms with E-state index in [9.17, 15) is 4.79 Å². The van der Waals surface area contributed by atoms with Crippen LogP contribution in [0, 0.1) is 0 Å². The normalized spacial score (nSPS) is 10.6. The standard InChI is InChI=1S/C12H20N4O/c1-4-13-5-6-15-12(17)10-7-14-8-16-11(10)9(2)3/h7-9,13H,4-6H2,1-3H3,(H,15,17). The topological polar surface area (TPSA) is 66.9 Å². The maximum absolute atomic E-state index is 11.9. The van der Waals surface area contributed by atoms with Crippen LogP contribution in [-0.4, -0.2) is 35.5 Å². The Balaban J connectivity index is 2.62. The fourth-order valence-electron chi connectivity index (χ4n) is 1.51. The first kappa shape index (κ1) is 13.6. The lowest BCUT2D eigenvalue weighted by molar-refractivity contribution is 0.0951. The van der Waals surface area contributed by atoms with Crippen molar-refractivity contribution >= 4 is 5.91 Å². The van der Waals surface area contributed by atoms with Gasteiger partial charge in [-0.3, -0.25) is 4.79 Å². The number of likely N-dealkylation sites (N-methyl/N-ethyl adjacent to an activating group) is 1. The molecule has 1 rings (SSSR count). The molecule has 0 aliphatic rings. The van der Waals surface area contributed by atoms with Crippen LogP contribution in [-0.2, 0) is 0 Å². The SMILES string of the molecule is CCNCCNC(=O)c1cncnc1C(C)C. The van der Waals surface area contributed by atoms with Crippen LogP contribution in [0.2, 0.25) is 0 Å². The van der Waals surface area contributed by atoms with E-state index in [4.69, 9.17) is 0 Å². The number of rotatable bonds is 6. The summed E-state index contributed by atoms with van der Waals surface area (Å²) in [5.74, 6) is 0.111. The van der Waals surface area contributed by atoms with Gasteiger partial charge in [-0.25, -0.2) is 9.97 Å². The summed E-state index contributed by atoms with van der Waals surface area (Å²) in [6.07, 6.45) is 3.05. The van der Waals surface area contributed by atoms with Gasteiger partial charge in [-0.1, -0.05) is 20.8 Å². The minimum Gasteiger partial charge on any atom is -0.351 e.